The summed E-state index contributed by atoms with van der Waals surface area (Å²) in [5, 5.41) is 11.5. The molecule has 0 aliphatic rings. The molecule has 0 fully saturated rings. The van der Waals surface area contributed by atoms with Gasteiger partial charge in [-0.2, -0.15) is 5.26 Å². The Morgan fingerprint density at radius 3 is 2.67 bits per heavy atom. The standard InChI is InChI=1S/C10H13NO3S/c1-14-10(13)5-3-2-4-9(12)6-7-15-8-11/h6-7H,2-5H2,1H3/b7-6+. The van der Waals surface area contributed by atoms with Crippen LogP contribution in [0.25, 0.3) is 0 Å². The fourth-order valence-electron chi connectivity index (χ4n) is 0.894. The number of rotatable bonds is 7. The molecular weight excluding hydrogens is 214 g/mol. The van der Waals surface area contributed by atoms with Crippen LogP contribution in [-0.4, -0.2) is 18.9 Å². The smallest absolute Gasteiger partial charge is 0.305 e. The zero-order valence-corrected chi connectivity index (χ0v) is 9.38. The molecule has 0 saturated carbocycles. The van der Waals surface area contributed by atoms with Crippen LogP contribution < -0.4 is 0 Å². The third-order valence-corrected chi connectivity index (χ3v) is 2.03. The predicted octanol–water partition coefficient (Wildman–Crippen LogP) is 2.02. The molecular formula is C10H13NO3S. The number of ether oxygens (including phenoxy) is 1. The summed E-state index contributed by atoms with van der Waals surface area (Å²) in [6.07, 6.45) is 3.44. The molecule has 0 aromatic rings. The van der Waals surface area contributed by atoms with Gasteiger partial charge in [0.1, 0.15) is 5.40 Å². The van der Waals surface area contributed by atoms with Crippen molar-refractivity contribution in [2.45, 2.75) is 25.7 Å². The number of esters is 1. The molecule has 0 spiro atoms. The van der Waals surface area contributed by atoms with E-state index in [1.165, 1.54) is 18.6 Å². The lowest BCUT2D eigenvalue weighted by Gasteiger charge is -1.97. The van der Waals surface area contributed by atoms with E-state index in [0.717, 1.165) is 11.8 Å². The number of hydrogen-bond acceptors (Lipinski definition) is 5. The Hall–Kier alpha value is -1.28. The molecule has 4 nitrogen and oxygen atoms in total. The highest BCUT2D eigenvalue weighted by atomic mass is 32.2. The summed E-state index contributed by atoms with van der Waals surface area (Å²) in [6, 6.07) is 0. The van der Waals surface area contributed by atoms with Crippen molar-refractivity contribution in [1.82, 2.24) is 0 Å². The van der Waals surface area contributed by atoms with Crippen molar-refractivity contribution in [1.29, 1.82) is 5.26 Å². The van der Waals surface area contributed by atoms with Gasteiger partial charge in [0.2, 0.25) is 0 Å². The summed E-state index contributed by atoms with van der Waals surface area (Å²) in [7, 11) is 1.34. The normalized spacial score (nSPS) is 9.87. The van der Waals surface area contributed by atoms with Crippen molar-refractivity contribution >= 4 is 23.5 Å². The summed E-state index contributed by atoms with van der Waals surface area (Å²) < 4.78 is 4.46. The van der Waals surface area contributed by atoms with Gasteiger partial charge in [-0.15, -0.1) is 0 Å². The number of thiocyanates is 1. The fraction of sp³-hybridized carbons (Fsp3) is 0.500. The van der Waals surface area contributed by atoms with Crippen LogP contribution >= 0.6 is 11.8 Å². The van der Waals surface area contributed by atoms with Crippen LogP contribution in [0.3, 0.4) is 0 Å². The Morgan fingerprint density at radius 2 is 2.07 bits per heavy atom. The largest absolute Gasteiger partial charge is 0.469 e. The Bertz CT molecular complexity index is 281. The van der Waals surface area contributed by atoms with Crippen LogP contribution in [0.2, 0.25) is 0 Å². The van der Waals surface area contributed by atoms with E-state index in [0.29, 0.717) is 25.7 Å². The third-order valence-electron chi connectivity index (χ3n) is 1.66. The first-order valence-electron chi connectivity index (χ1n) is 4.51. The molecule has 0 saturated heterocycles. The molecule has 0 aliphatic heterocycles. The van der Waals surface area contributed by atoms with Crippen molar-refractivity contribution in [3.8, 4) is 5.40 Å². The van der Waals surface area contributed by atoms with Gasteiger partial charge in [-0.1, -0.05) is 0 Å². The van der Waals surface area contributed by atoms with Gasteiger partial charge >= 0.3 is 5.97 Å². The maximum Gasteiger partial charge on any atom is 0.305 e. The minimum Gasteiger partial charge on any atom is -0.469 e. The van der Waals surface area contributed by atoms with E-state index in [-0.39, 0.29) is 11.8 Å². The van der Waals surface area contributed by atoms with Crippen molar-refractivity contribution in [2.24, 2.45) is 0 Å². The van der Waals surface area contributed by atoms with E-state index >= 15 is 0 Å². The number of thioether (sulfide) groups is 1. The summed E-state index contributed by atoms with van der Waals surface area (Å²) in [5.41, 5.74) is 0. The van der Waals surface area contributed by atoms with Crippen molar-refractivity contribution < 1.29 is 14.3 Å². The highest BCUT2D eigenvalue weighted by Gasteiger charge is 2.01. The molecule has 0 atom stereocenters. The van der Waals surface area contributed by atoms with Crippen molar-refractivity contribution in [3.63, 3.8) is 0 Å². The molecule has 0 heterocycles. The summed E-state index contributed by atoms with van der Waals surface area (Å²) >= 11 is 0.914. The number of unbranched alkanes of at least 4 members (excludes halogenated alkanes) is 1. The number of ketones is 1. The summed E-state index contributed by atoms with van der Waals surface area (Å²) in [5.74, 6) is -0.277. The van der Waals surface area contributed by atoms with Crippen LogP contribution in [0, 0.1) is 10.7 Å². The molecule has 0 N–H and O–H groups in total. The number of nitriles is 1. The second kappa shape index (κ2) is 9.28. The molecule has 0 rings (SSSR count). The predicted molar refractivity (Wildman–Crippen MR) is 57.8 cm³/mol. The maximum absolute atomic E-state index is 11.1. The van der Waals surface area contributed by atoms with Crippen molar-refractivity contribution in [3.05, 3.63) is 11.5 Å². The lowest BCUT2D eigenvalue weighted by molar-refractivity contribution is -0.140. The molecule has 0 amide bonds. The van der Waals surface area contributed by atoms with E-state index in [1.54, 1.807) is 0 Å². The average molecular weight is 227 g/mol. The second-order valence-electron chi connectivity index (χ2n) is 2.76. The first-order chi connectivity index (χ1) is 7.20. The highest BCUT2D eigenvalue weighted by molar-refractivity contribution is 8.06. The van der Waals surface area contributed by atoms with E-state index in [4.69, 9.17) is 5.26 Å². The molecule has 0 aromatic carbocycles. The first-order valence-corrected chi connectivity index (χ1v) is 5.39. The Kier molecular flexibility index (Phi) is 8.49. The number of carbonyl (C=O) groups excluding carboxylic acids is 2. The molecule has 0 aliphatic carbocycles. The van der Waals surface area contributed by atoms with Gasteiger partial charge in [-0.25, -0.2) is 0 Å². The Labute approximate surface area is 93.3 Å². The number of nitrogens with zero attached hydrogens (tertiary/aromatic N) is 1. The minimum absolute atomic E-state index is 0.0254. The lowest BCUT2D eigenvalue weighted by atomic mass is 10.1. The van der Waals surface area contributed by atoms with Gasteiger partial charge < -0.3 is 4.74 Å². The first kappa shape index (κ1) is 13.7. The monoisotopic (exact) mass is 227 g/mol. The van der Waals surface area contributed by atoms with E-state index < -0.39 is 0 Å². The zero-order valence-electron chi connectivity index (χ0n) is 8.56. The highest BCUT2D eigenvalue weighted by Crippen LogP contribution is 2.04. The second-order valence-corrected chi connectivity index (χ2v) is 3.45. The van der Waals surface area contributed by atoms with Crippen LogP contribution in [0.1, 0.15) is 25.7 Å². The molecule has 5 heteroatoms. The van der Waals surface area contributed by atoms with Crippen molar-refractivity contribution in [2.75, 3.05) is 7.11 Å². The third kappa shape index (κ3) is 9.03. The van der Waals surface area contributed by atoms with Gasteiger partial charge in [0.15, 0.2) is 5.78 Å². The summed E-state index contributed by atoms with van der Waals surface area (Å²) in [6.45, 7) is 0. The molecule has 15 heavy (non-hydrogen) atoms. The van der Waals surface area contributed by atoms with Crippen LogP contribution in [0.4, 0.5) is 0 Å². The molecule has 0 unspecified atom stereocenters. The molecule has 0 aromatic heterocycles. The van der Waals surface area contributed by atoms with E-state index in [2.05, 4.69) is 4.74 Å². The molecule has 82 valence electrons. The number of carbonyl (C=O) groups is 2. The summed E-state index contributed by atoms with van der Waals surface area (Å²) in [4.78, 5) is 21.8. The van der Waals surface area contributed by atoms with Gasteiger partial charge in [-0.05, 0) is 36.1 Å². The van der Waals surface area contributed by atoms with Gasteiger partial charge in [0.05, 0.1) is 7.11 Å². The Morgan fingerprint density at radius 1 is 1.40 bits per heavy atom. The lowest BCUT2D eigenvalue weighted by Crippen LogP contribution is -2.00. The number of allylic oxidation sites excluding steroid dienone is 1. The van der Waals surface area contributed by atoms with Crippen LogP contribution in [-0.2, 0) is 14.3 Å². The van der Waals surface area contributed by atoms with Gasteiger partial charge in [0, 0.05) is 12.8 Å². The van der Waals surface area contributed by atoms with Gasteiger partial charge in [-0.3, -0.25) is 9.59 Å². The fourth-order valence-corrected chi connectivity index (χ4v) is 1.17. The quantitative estimate of drug-likeness (QED) is 0.288. The number of hydrogen-bond donors (Lipinski definition) is 0. The topological polar surface area (TPSA) is 67.2 Å². The molecule has 0 radical (unpaired) electrons. The van der Waals surface area contributed by atoms with Gasteiger partial charge in [0.25, 0.3) is 0 Å². The maximum atomic E-state index is 11.1. The van der Waals surface area contributed by atoms with E-state index in [1.807, 2.05) is 5.40 Å². The SMILES string of the molecule is COC(=O)CCCCC(=O)/C=C/SC#N. The molecule has 0 bridgehead atoms. The average Bonchev–Trinajstić information content (AvgIpc) is 2.24. The minimum atomic E-state index is -0.252. The van der Waals surface area contributed by atoms with Crippen LogP contribution in [0.5, 0.6) is 0 Å². The van der Waals surface area contributed by atoms with E-state index in [9.17, 15) is 9.59 Å². The number of methoxy groups -OCH3 is 1. The zero-order chi connectivity index (χ0) is 11.5. The van der Waals surface area contributed by atoms with Crippen LogP contribution in [0.15, 0.2) is 11.5 Å². The Balaban J connectivity index is 3.48.